The van der Waals surface area contributed by atoms with Gasteiger partial charge in [0.25, 0.3) is 0 Å². The van der Waals surface area contributed by atoms with Crippen molar-refractivity contribution in [3.8, 4) is 0 Å². The fourth-order valence-corrected chi connectivity index (χ4v) is 2.12. The first-order valence-electron chi connectivity index (χ1n) is 5.35. The normalized spacial score (nSPS) is 11.0. The number of rotatable bonds is 0. The molecule has 0 heteroatoms. The van der Waals surface area contributed by atoms with E-state index in [1.54, 1.807) is 0 Å². The molecule has 0 atom stereocenters. The minimum Gasteiger partial charge on any atom is -0.0912 e. The van der Waals surface area contributed by atoms with Gasteiger partial charge in [0.15, 0.2) is 0 Å². The van der Waals surface area contributed by atoms with E-state index in [1.807, 2.05) is 6.07 Å². The lowest BCUT2D eigenvalue weighted by atomic mass is 10.0. The fourth-order valence-electron chi connectivity index (χ4n) is 2.12. The van der Waals surface area contributed by atoms with Crippen molar-refractivity contribution in [2.75, 3.05) is 0 Å². The van der Waals surface area contributed by atoms with Gasteiger partial charge in [-0.05, 0) is 44.1 Å². The van der Waals surface area contributed by atoms with E-state index in [-0.39, 0.29) is 0 Å². The van der Waals surface area contributed by atoms with Crippen molar-refractivity contribution in [3.05, 3.63) is 59.0 Å². The van der Waals surface area contributed by atoms with Crippen LogP contribution in [0, 0.1) is 0 Å². The van der Waals surface area contributed by atoms with Crippen LogP contribution in [-0.4, -0.2) is 0 Å². The highest BCUT2D eigenvalue weighted by atomic mass is 14.0. The van der Waals surface area contributed by atoms with Crippen LogP contribution in [-0.2, 0) is 0 Å². The Bertz CT molecular complexity index is 782. The van der Waals surface area contributed by atoms with Crippen LogP contribution in [0.2, 0.25) is 0 Å². The van der Waals surface area contributed by atoms with Crippen LogP contribution in [0.25, 0.3) is 34.7 Å². The number of hydrogen-bond donors (Lipinski definition) is 0. The standard InChI is InChI=1S/C16H12/c1-11-7-8-15-9-13-5-3-4-6-14(13)10-16(15)12(11)2/h3-10H,1-2H2. The van der Waals surface area contributed by atoms with Crippen molar-refractivity contribution in [3.63, 3.8) is 0 Å². The largest absolute Gasteiger partial charge is 0.0912 e. The summed E-state index contributed by atoms with van der Waals surface area (Å²) in [5, 5.41) is 6.99. The third-order valence-corrected chi connectivity index (χ3v) is 3.09. The van der Waals surface area contributed by atoms with Gasteiger partial charge in [-0.1, -0.05) is 49.6 Å². The van der Waals surface area contributed by atoms with Crippen LogP contribution in [0.3, 0.4) is 0 Å². The van der Waals surface area contributed by atoms with Gasteiger partial charge in [-0.25, -0.2) is 0 Å². The quantitative estimate of drug-likeness (QED) is 0.494. The van der Waals surface area contributed by atoms with Crippen LogP contribution < -0.4 is 10.4 Å². The molecule has 0 unspecified atom stereocenters. The second-order valence-electron chi connectivity index (χ2n) is 4.12. The molecule has 0 aliphatic carbocycles. The van der Waals surface area contributed by atoms with Gasteiger partial charge in [0.2, 0.25) is 0 Å². The molecule has 0 bridgehead atoms. The third kappa shape index (κ3) is 1.24. The predicted molar refractivity (Wildman–Crippen MR) is 71.7 cm³/mol. The van der Waals surface area contributed by atoms with Gasteiger partial charge in [-0.3, -0.25) is 0 Å². The summed E-state index contributed by atoms with van der Waals surface area (Å²) in [6.45, 7) is 8.08. The molecule has 0 aliphatic heterocycles. The zero-order valence-electron chi connectivity index (χ0n) is 9.03. The Kier molecular flexibility index (Phi) is 1.84. The monoisotopic (exact) mass is 204 g/mol. The molecule has 0 amide bonds. The van der Waals surface area contributed by atoms with Gasteiger partial charge in [-0.15, -0.1) is 0 Å². The molecule has 3 rings (SSSR count). The van der Waals surface area contributed by atoms with E-state index >= 15 is 0 Å². The van der Waals surface area contributed by atoms with Gasteiger partial charge >= 0.3 is 0 Å². The summed E-state index contributed by atoms with van der Waals surface area (Å²) < 4.78 is 0. The highest BCUT2D eigenvalue weighted by Gasteiger charge is 1.98. The minimum atomic E-state index is 1.00. The molecule has 0 saturated carbocycles. The second kappa shape index (κ2) is 3.21. The van der Waals surface area contributed by atoms with Crippen molar-refractivity contribution in [1.29, 1.82) is 0 Å². The maximum atomic E-state index is 4.09. The van der Waals surface area contributed by atoms with Gasteiger partial charge in [0, 0.05) is 0 Å². The first-order valence-corrected chi connectivity index (χ1v) is 5.35. The van der Waals surface area contributed by atoms with Crippen LogP contribution >= 0.6 is 0 Å². The van der Waals surface area contributed by atoms with E-state index in [9.17, 15) is 0 Å². The summed E-state index contributed by atoms with van der Waals surface area (Å²) in [5.41, 5.74) is 0. The van der Waals surface area contributed by atoms with Crippen molar-refractivity contribution < 1.29 is 0 Å². The average molecular weight is 204 g/mol. The molecule has 0 radical (unpaired) electrons. The number of fused-ring (bicyclic) bond motifs is 2. The SMILES string of the molecule is C=c1ccc2cc3ccccc3cc2c1=C. The van der Waals surface area contributed by atoms with Gasteiger partial charge in [0.05, 0.1) is 0 Å². The molecule has 3 aromatic rings. The van der Waals surface area contributed by atoms with E-state index in [4.69, 9.17) is 0 Å². The van der Waals surface area contributed by atoms with Crippen LogP contribution in [0.5, 0.6) is 0 Å². The maximum absolute atomic E-state index is 4.09. The Morgan fingerprint density at radius 1 is 0.688 bits per heavy atom. The number of benzene rings is 3. The van der Waals surface area contributed by atoms with Crippen molar-refractivity contribution in [2.45, 2.75) is 0 Å². The topological polar surface area (TPSA) is 0 Å². The lowest BCUT2D eigenvalue weighted by molar-refractivity contribution is 1.62. The summed E-state index contributed by atoms with van der Waals surface area (Å²) in [5.74, 6) is 0. The molecule has 0 nitrogen and oxygen atoms in total. The highest BCUT2D eigenvalue weighted by molar-refractivity contribution is 5.98. The Morgan fingerprint density at radius 2 is 1.38 bits per heavy atom. The molecule has 16 heavy (non-hydrogen) atoms. The summed E-state index contributed by atoms with van der Waals surface area (Å²) in [6, 6.07) is 16.9. The molecule has 0 heterocycles. The van der Waals surface area contributed by atoms with Crippen LogP contribution in [0.15, 0.2) is 48.5 Å². The Labute approximate surface area is 94.1 Å². The zero-order valence-corrected chi connectivity index (χ0v) is 9.03. The smallest absolute Gasteiger partial charge is 0.0105 e. The summed E-state index contributed by atoms with van der Waals surface area (Å²) in [6.07, 6.45) is 0. The van der Waals surface area contributed by atoms with Crippen molar-refractivity contribution >= 4 is 34.7 Å². The number of hydrogen-bond acceptors (Lipinski definition) is 0. The maximum Gasteiger partial charge on any atom is -0.0105 e. The Hall–Kier alpha value is -2.08. The summed E-state index contributed by atoms with van der Waals surface area (Å²) in [4.78, 5) is 0. The Morgan fingerprint density at radius 3 is 2.12 bits per heavy atom. The van der Waals surface area contributed by atoms with E-state index in [0.29, 0.717) is 0 Å². The van der Waals surface area contributed by atoms with E-state index < -0.39 is 0 Å². The van der Waals surface area contributed by atoms with Gasteiger partial charge < -0.3 is 0 Å². The highest BCUT2D eigenvalue weighted by Crippen LogP contribution is 2.19. The summed E-state index contributed by atoms with van der Waals surface area (Å²) >= 11 is 0. The predicted octanol–water partition coefficient (Wildman–Crippen LogP) is 2.81. The van der Waals surface area contributed by atoms with Gasteiger partial charge in [0.1, 0.15) is 0 Å². The first kappa shape index (κ1) is 9.17. The van der Waals surface area contributed by atoms with Crippen molar-refractivity contribution in [1.82, 2.24) is 0 Å². The summed E-state index contributed by atoms with van der Waals surface area (Å²) in [7, 11) is 0. The Balaban J connectivity index is 2.62. The van der Waals surface area contributed by atoms with E-state index in [1.165, 1.54) is 21.5 Å². The molecule has 0 aromatic heterocycles. The molecule has 0 aliphatic rings. The van der Waals surface area contributed by atoms with Crippen molar-refractivity contribution in [2.24, 2.45) is 0 Å². The fraction of sp³-hybridized carbons (Fsp3) is 0. The molecule has 0 spiro atoms. The lowest BCUT2D eigenvalue weighted by Gasteiger charge is -2.02. The van der Waals surface area contributed by atoms with Crippen LogP contribution in [0.4, 0.5) is 0 Å². The molecule has 3 aromatic carbocycles. The molecule has 0 fully saturated rings. The second-order valence-corrected chi connectivity index (χ2v) is 4.12. The van der Waals surface area contributed by atoms with Crippen LogP contribution in [0.1, 0.15) is 0 Å². The van der Waals surface area contributed by atoms with E-state index in [0.717, 1.165) is 10.4 Å². The molecular weight excluding hydrogens is 192 g/mol. The molecular formula is C16H12. The van der Waals surface area contributed by atoms with E-state index in [2.05, 4.69) is 55.6 Å². The first-order chi connectivity index (χ1) is 7.75. The minimum absolute atomic E-state index is 1.00. The zero-order chi connectivity index (χ0) is 11.1. The third-order valence-electron chi connectivity index (χ3n) is 3.09. The molecule has 0 saturated heterocycles. The average Bonchev–Trinajstić information content (AvgIpc) is 2.32. The molecule has 0 N–H and O–H groups in total. The molecule has 76 valence electrons. The van der Waals surface area contributed by atoms with Gasteiger partial charge in [-0.2, -0.15) is 0 Å². The lowest BCUT2D eigenvalue weighted by Crippen LogP contribution is -2.21.